The van der Waals surface area contributed by atoms with Crippen molar-refractivity contribution >= 4 is 18.0 Å². The summed E-state index contributed by atoms with van der Waals surface area (Å²) in [6, 6.07) is 0. The lowest BCUT2D eigenvalue weighted by Gasteiger charge is -2.14. The maximum atomic E-state index is 10.9. The first kappa shape index (κ1) is 14.4. The highest BCUT2D eigenvalue weighted by molar-refractivity contribution is 6.19. The molecule has 1 heterocycles. The van der Waals surface area contributed by atoms with E-state index in [2.05, 4.69) is 9.73 Å². The van der Waals surface area contributed by atoms with Gasteiger partial charge in [-0.3, -0.25) is 14.6 Å². The van der Waals surface area contributed by atoms with Crippen LogP contribution < -0.4 is 0 Å². The van der Waals surface area contributed by atoms with Crippen LogP contribution >= 0.6 is 0 Å². The van der Waals surface area contributed by atoms with Gasteiger partial charge in [0.05, 0.1) is 5.71 Å². The molecule has 0 N–H and O–H groups in total. The molecule has 0 bridgehead atoms. The Morgan fingerprint density at radius 3 is 2.61 bits per heavy atom. The van der Waals surface area contributed by atoms with Gasteiger partial charge in [0.2, 0.25) is 0 Å². The molecule has 18 heavy (non-hydrogen) atoms. The van der Waals surface area contributed by atoms with E-state index in [0.29, 0.717) is 6.47 Å². The number of ether oxygens (including phenoxy) is 1. The average molecular weight is 249 g/mol. The van der Waals surface area contributed by atoms with E-state index < -0.39 is 0 Å². The summed E-state index contributed by atoms with van der Waals surface area (Å²) in [6.07, 6.45) is 7.17. The second-order valence-corrected chi connectivity index (χ2v) is 5.10. The van der Waals surface area contributed by atoms with Gasteiger partial charge in [-0.15, -0.1) is 0 Å². The predicted octanol–water partition coefficient (Wildman–Crippen LogP) is 2.24. The third-order valence-electron chi connectivity index (χ3n) is 2.34. The monoisotopic (exact) mass is 249 g/mol. The molecule has 0 saturated heterocycles. The number of aliphatic imine (C=N–C) groups is 1. The van der Waals surface area contributed by atoms with E-state index >= 15 is 0 Å². The van der Waals surface area contributed by atoms with Crippen LogP contribution in [-0.2, 0) is 14.3 Å². The van der Waals surface area contributed by atoms with Crippen molar-refractivity contribution < 1.29 is 14.3 Å². The minimum Gasteiger partial charge on any atom is -0.462 e. The smallest absolute Gasteiger partial charge is 0.293 e. The van der Waals surface area contributed by atoms with Gasteiger partial charge in [0.25, 0.3) is 6.47 Å². The van der Waals surface area contributed by atoms with Gasteiger partial charge < -0.3 is 4.74 Å². The number of hydrogen-bond donors (Lipinski definition) is 0. The largest absolute Gasteiger partial charge is 0.462 e. The lowest BCUT2D eigenvalue weighted by Crippen LogP contribution is -2.17. The molecule has 0 radical (unpaired) electrons. The van der Waals surface area contributed by atoms with Crippen LogP contribution in [0.25, 0.3) is 0 Å². The molecule has 0 aromatic rings. The summed E-state index contributed by atoms with van der Waals surface area (Å²) in [5.74, 6) is 0.0980. The molecule has 4 heteroatoms. The van der Waals surface area contributed by atoms with Gasteiger partial charge in [-0.2, -0.15) is 0 Å². The number of rotatable bonds is 1. The molecule has 4 nitrogen and oxygen atoms in total. The van der Waals surface area contributed by atoms with Gasteiger partial charge in [-0.25, -0.2) is 0 Å². The Morgan fingerprint density at radius 1 is 1.33 bits per heavy atom. The van der Waals surface area contributed by atoms with E-state index in [1.807, 2.05) is 26.8 Å². The van der Waals surface area contributed by atoms with Crippen LogP contribution in [0.3, 0.4) is 0 Å². The van der Waals surface area contributed by atoms with Gasteiger partial charge >= 0.3 is 0 Å². The molecule has 1 aliphatic carbocycles. The van der Waals surface area contributed by atoms with Crippen molar-refractivity contribution in [1.82, 2.24) is 0 Å². The summed E-state index contributed by atoms with van der Waals surface area (Å²) in [5.41, 5.74) is 1.81. The zero-order valence-electron chi connectivity index (χ0n) is 11.1. The first-order valence-electron chi connectivity index (χ1n) is 6.01. The second-order valence-electron chi connectivity index (χ2n) is 5.10. The molecule has 0 amide bonds. The summed E-state index contributed by atoms with van der Waals surface area (Å²) >= 11 is 0. The molecular weight excluding hydrogens is 230 g/mol. The van der Waals surface area contributed by atoms with Crippen molar-refractivity contribution in [2.45, 2.75) is 39.2 Å². The summed E-state index contributed by atoms with van der Waals surface area (Å²) in [5, 5.41) is 0. The van der Waals surface area contributed by atoms with E-state index in [1.54, 1.807) is 12.2 Å². The number of carbonyl (C=O) groups excluding carboxylic acids is 2. The van der Waals surface area contributed by atoms with Gasteiger partial charge in [0.15, 0.2) is 5.78 Å². The first-order chi connectivity index (χ1) is 8.42. The standard InChI is InChI=1S/C9H9NO.C5H10O2/c11-8-3-4-9-7(6-8)2-1-5-10-9;1-5(2,3)7-4-6/h3-4,6H,1-2,5H2;4H,1-3H3. The molecule has 0 unspecified atom stereocenters. The molecule has 1 aliphatic heterocycles. The second kappa shape index (κ2) is 6.28. The van der Waals surface area contributed by atoms with E-state index in [9.17, 15) is 9.59 Å². The minimum atomic E-state index is -0.318. The maximum Gasteiger partial charge on any atom is 0.293 e. The Morgan fingerprint density at radius 2 is 2.06 bits per heavy atom. The molecule has 0 fully saturated rings. The molecule has 0 spiro atoms. The van der Waals surface area contributed by atoms with E-state index in [0.717, 1.165) is 30.7 Å². The third-order valence-corrected chi connectivity index (χ3v) is 2.34. The van der Waals surface area contributed by atoms with Crippen molar-refractivity contribution in [3.8, 4) is 0 Å². The Kier molecular flexibility index (Phi) is 5.01. The summed E-state index contributed by atoms with van der Waals surface area (Å²) < 4.78 is 4.55. The zero-order valence-corrected chi connectivity index (χ0v) is 11.1. The highest BCUT2D eigenvalue weighted by atomic mass is 16.5. The average Bonchev–Trinajstić information content (AvgIpc) is 2.28. The number of allylic oxidation sites excluding steroid dienone is 4. The van der Waals surface area contributed by atoms with Crippen LogP contribution in [0.5, 0.6) is 0 Å². The van der Waals surface area contributed by atoms with E-state index in [4.69, 9.17) is 0 Å². The normalized spacial score (nSPS) is 17.8. The lowest BCUT2D eigenvalue weighted by atomic mass is 9.96. The maximum absolute atomic E-state index is 10.9. The van der Waals surface area contributed by atoms with Gasteiger partial charge in [0.1, 0.15) is 5.60 Å². The predicted molar refractivity (Wildman–Crippen MR) is 70.7 cm³/mol. The fourth-order valence-corrected chi connectivity index (χ4v) is 1.53. The number of ketones is 1. The number of fused-ring (bicyclic) bond motifs is 1. The fourth-order valence-electron chi connectivity index (χ4n) is 1.53. The number of hydrogen-bond acceptors (Lipinski definition) is 4. The third kappa shape index (κ3) is 5.08. The van der Waals surface area contributed by atoms with E-state index in [1.165, 1.54) is 0 Å². The summed E-state index contributed by atoms with van der Waals surface area (Å²) in [4.78, 5) is 24.8. The highest BCUT2D eigenvalue weighted by Gasteiger charge is 2.13. The Bertz CT molecular complexity index is 411. The van der Waals surface area contributed by atoms with Gasteiger partial charge in [-0.1, -0.05) is 0 Å². The summed E-state index contributed by atoms with van der Waals surface area (Å²) in [7, 11) is 0. The minimum absolute atomic E-state index is 0.0980. The first-order valence-corrected chi connectivity index (χ1v) is 6.01. The van der Waals surface area contributed by atoms with Crippen LogP contribution in [0.2, 0.25) is 0 Å². The fraction of sp³-hybridized carbons (Fsp3) is 0.500. The van der Waals surface area contributed by atoms with E-state index in [-0.39, 0.29) is 11.4 Å². The van der Waals surface area contributed by atoms with Crippen LogP contribution in [0.4, 0.5) is 0 Å². The van der Waals surface area contributed by atoms with Gasteiger partial charge in [-0.05, 0) is 57.4 Å². The van der Waals surface area contributed by atoms with Crippen LogP contribution in [-0.4, -0.2) is 30.1 Å². The van der Waals surface area contributed by atoms with Crippen LogP contribution in [0.15, 0.2) is 28.8 Å². The molecule has 2 aliphatic rings. The molecule has 0 saturated carbocycles. The molecule has 0 atom stereocenters. The van der Waals surface area contributed by atoms with Crippen molar-refractivity contribution in [3.63, 3.8) is 0 Å². The van der Waals surface area contributed by atoms with Crippen molar-refractivity contribution in [1.29, 1.82) is 0 Å². The number of nitrogens with zero attached hydrogens (tertiary/aromatic N) is 1. The van der Waals surface area contributed by atoms with Crippen molar-refractivity contribution in [2.24, 2.45) is 4.99 Å². The molecular formula is C14H19NO3. The lowest BCUT2D eigenvalue weighted by molar-refractivity contribution is -0.138. The quantitative estimate of drug-likeness (QED) is 0.529. The van der Waals surface area contributed by atoms with Crippen molar-refractivity contribution in [2.75, 3.05) is 6.54 Å². The molecule has 98 valence electrons. The topological polar surface area (TPSA) is 55.7 Å². The Balaban J connectivity index is 0.000000203. The van der Waals surface area contributed by atoms with Crippen LogP contribution in [0.1, 0.15) is 33.6 Å². The molecule has 0 aromatic heterocycles. The highest BCUT2D eigenvalue weighted by Crippen LogP contribution is 2.17. The summed E-state index contributed by atoms with van der Waals surface area (Å²) in [6.45, 7) is 6.83. The SMILES string of the molecule is CC(C)(C)OC=O.O=C1C=CC2=NCCCC2=C1. The molecule has 0 aromatic carbocycles. The Hall–Kier alpha value is -1.71. The Labute approximate surface area is 107 Å². The van der Waals surface area contributed by atoms with Crippen molar-refractivity contribution in [3.05, 3.63) is 23.8 Å². The molecule has 2 rings (SSSR count). The zero-order chi connectivity index (χ0) is 13.6. The van der Waals surface area contributed by atoms with Crippen LogP contribution in [0, 0.1) is 0 Å². The van der Waals surface area contributed by atoms with Gasteiger partial charge in [0, 0.05) is 6.54 Å². The number of carbonyl (C=O) groups is 2.